The first-order valence-corrected chi connectivity index (χ1v) is 9.59. The lowest BCUT2D eigenvalue weighted by atomic mass is 9.96. The summed E-state index contributed by atoms with van der Waals surface area (Å²) >= 11 is 0. The van der Waals surface area contributed by atoms with Crippen LogP contribution >= 0.6 is 12.4 Å². The molecule has 2 aromatic rings. The Hall–Kier alpha value is -2.37. The predicted molar refractivity (Wildman–Crippen MR) is 115 cm³/mol. The number of piperidine rings is 1. The molecule has 0 aliphatic carbocycles. The molecule has 0 radical (unpaired) electrons. The van der Waals surface area contributed by atoms with E-state index in [1.807, 2.05) is 37.3 Å². The van der Waals surface area contributed by atoms with E-state index < -0.39 is 0 Å². The minimum atomic E-state index is -0.216. The number of halogens is 1. The third kappa shape index (κ3) is 6.08. The summed E-state index contributed by atoms with van der Waals surface area (Å²) in [5.41, 5.74) is 2.61. The molecule has 0 aromatic heterocycles. The summed E-state index contributed by atoms with van der Waals surface area (Å²) in [4.78, 5) is 25.1. The van der Waals surface area contributed by atoms with Crippen LogP contribution in [0.15, 0.2) is 48.5 Å². The van der Waals surface area contributed by atoms with Gasteiger partial charge in [-0.25, -0.2) is 0 Å². The Morgan fingerprint density at radius 2 is 1.93 bits per heavy atom. The van der Waals surface area contributed by atoms with Crippen molar-refractivity contribution in [2.24, 2.45) is 5.92 Å². The van der Waals surface area contributed by atoms with Gasteiger partial charge in [0.2, 0.25) is 0 Å². The quantitative estimate of drug-likeness (QED) is 0.689. The highest BCUT2D eigenvalue weighted by Gasteiger charge is 2.16. The molecule has 1 saturated heterocycles. The number of rotatable bonds is 6. The standard InChI is InChI=1S/C22H27N3O2.ClH/c1-16-6-4-8-18(14-16)21(26)25-20-10-3-2-9-19(20)22(27)24-13-11-17-7-5-12-23-15-17;/h2-4,6,8-10,14,17,23H,5,7,11-13,15H2,1H3,(H,24,27)(H,25,26);1H. The van der Waals surface area contributed by atoms with Crippen LogP contribution in [0.25, 0.3) is 0 Å². The highest BCUT2D eigenvalue weighted by atomic mass is 35.5. The van der Waals surface area contributed by atoms with Gasteiger partial charge in [-0.05, 0) is 69.5 Å². The van der Waals surface area contributed by atoms with Crippen molar-refractivity contribution in [1.82, 2.24) is 10.6 Å². The van der Waals surface area contributed by atoms with E-state index in [-0.39, 0.29) is 24.2 Å². The Morgan fingerprint density at radius 3 is 2.68 bits per heavy atom. The van der Waals surface area contributed by atoms with E-state index in [9.17, 15) is 9.59 Å². The number of nitrogens with one attached hydrogen (secondary N) is 3. The molecule has 0 saturated carbocycles. The molecule has 1 unspecified atom stereocenters. The van der Waals surface area contributed by atoms with Crippen molar-refractivity contribution in [3.8, 4) is 0 Å². The number of hydrogen-bond donors (Lipinski definition) is 3. The fourth-order valence-electron chi connectivity index (χ4n) is 3.43. The first-order valence-electron chi connectivity index (χ1n) is 9.59. The minimum absolute atomic E-state index is 0. The average molecular weight is 402 g/mol. The topological polar surface area (TPSA) is 70.2 Å². The number of aryl methyl sites for hydroxylation is 1. The second kappa shape index (κ2) is 10.8. The zero-order valence-electron chi connectivity index (χ0n) is 16.2. The molecule has 1 aliphatic rings. The molecule has 3 N–H and O–H groups in total. The molecule has 28 heavy (non-hydrogen) atoms. The number of anilines is 1. The van der Waals surface area contributed by atoms with Crippen LogP contribution < -0.4 is 16.0 Å². The van der Waals surface area contributed by atoms with E-state index in [2.05, 4.69) is 16.0 Å². The highest BCUT2D eigenvalue weighted by molar-refractivity contribution is 6.09. The van der Waals surface area contributed by atoms with E-state index in [4.69, 9.17) is 0 Å². The van der Waals surface area contributed by atoms with Crippen molar-refractivity contribution in [1.29, 1.82) is 0 Å². The van der Waals surface area contributed by atoms with E-state index in [0.29, 0.717) is 29.3 Å². The van der Waals surface area contributed by atoms with E-state index in [0.717, 1.165) is 25.1 Å². The van der Waals surface area contributed by atoms with Crippen molar-refractivity contribution < 1.29 is 9.59 Å². The molecule has 2 amide bonds. The normalized spacial score (nSPS) is 16.0. The van der Waals surface area contributed by atoms with Crippen LogP contribution in [0.1, 0.15) is 45.5 Å². The van der Waals surface area contributed by atoms with Crippen LogP contribution in [0, 0.1) is 12.8 Å². The molecule has 0 spiro atoms. The Kier molecular flexibility index (Phi) is 8.48. The maximum atomic E-state index is 12.6. The first-order chi connectivity index (χ1) is 13.1. The molecule has 2 aromatic carbocycles. The van der Waals surface area contributed by atoms with E-state index in [1.165, 1.54) is 12.8 Å². The second-order valence-electron chi connectivity index (χ2n) is 7.13. The van der Waals surface area contributed by atoms with Gasteiger partial charge < -0.3 is 16.0 Å². The van der Waals surface area contributed by atoms with Gasteiger partial charge in [-0.1, -0.05) is 29.8 Å². The van der Waals surface area contributed by atoms with Crippen LogP contribution in [0.2, 0.25) is 0 Å². The molecule has 5 nitrogen and oxygen atoms in total. The summed E-state index contributed by atoms with van der Waals surface area (Å²) in [6.45, 7) is 4.71. The van der Waals surface area contributed by atoms with Gasteiger partial charge in [-0.15, -0.1) is 12.4 Å². The fraction of sp³-hybridized carbons (Fsp3) is 0.364. The maximum absolute atomic E-state index is 12.6. The van der Waals surface area contributed by atoms with Gasteiger partial charge in [0.15, 0.2) is 0 Å². The van der Waals surface area contributed by atoms with Crippen LogP contribution in [-0.4, -0.2) is 31.4 Å². The lowest BCUT2D eigenvalue weighted by molar-refractivity contribution is 0.0951. The molecule has 6 heteroatoms. The maximum Gasteiger partial charge on any atom is 0.255 e. The lowest BCUT2D eigenvalue weighted by Gasteiger charge is -2.22. The van der Waals surface area contributed by atoms with Crippen LogP contribution in [0.5, 0.6) is 0 Å². The Labute approximate surface area is 172 Å². The summed E-state index contributed by atoms with van der Waals surface area (Å²) < 4.78 is 0. The number of hydrogen-bond acceptors (Lipinski definition) is 3. The van der Waals surface area contributed by atoms with Gasteiger partial charge in [0, 0.05) is 12.1 Å². The predicted octanol–water partition coefficient (Wildman–Crippen LogP) is 3.79. The van der Waals surface area contributed by atoms with Gasteiger partial charge in [0.1, 0.15) is 0 Å². The summed E-state index contributed by atoms with van der Waals surface area (Å²) in [6.07, 6.45) is 3.38. The molecule has 1 atom stereocenters. The van der Waals surface area contributed by atoms with Crippen molar-refractivity contribution >= 4 is 29.9 Å². The summed E-state index contributed by atoms with van der Waals surface area (Å²) in [5, 5.41) is 9.25. The molecular formula is C22H28ClN3O2. The monoisotopic (exact) mass is 401 g/mol. The number of carbonyl (C=O) groups is 2. The van der Waals surface area contributed by atoms with Gasteiger partial charge in [0.25, 0.3) is 11.8 Å². The number of amides is 2. The van der Waals surface area contributed by atoms with Gasteiger partial charge in [-0.2, -0.15) is 0 Å². The second-order valence-corrected chi connectivity index (χ2v) is 7.13. The third-order valence-corrected chi connectivity index (χ3v) is 4.94. The molecule has 0 bridgehead atoms. The van der Waals surface area contributed by atoms with Crippen molar-refractivity contribution in [3.05, 3.63) is 65.2 Å². The smallest absolute Gasteiger partial charge is 0.255 e. The number of carbonyl (C=O) groups excluding carboxylic acids is 2. The molecule has 150 valence electrons. The molecule has 1 fully saturated rings. The Balaban J connectivity index is 0.00000280. The average Bonchev–Trinajstić information content (AvgIpc) is 2.69. The zero-order chi connectivity index (χ0) is 19.1. The number of benzene rings is 2. The van der Waals surface area contributed by atoms with Gasteiger partial charge >= 0.3 is 0 Å². The highest BCUT2D eigenvalue weighted by Crippen LogP contribution is 2.17. The zero-order valence-corrected chi connectivity index (χ0v) is 17.0. The summed E-state index contributed by atoms with van der Waals surface area (Å²) in [7, 11) is 0. The Bertz CT molecular complexity index is 804. The van der Waals surface area contributed by atoms with Crippen molar-refractivity contribution in [2.45, 2.75) is 26.2 Å². The molecule has 3 rings (SSSR count). The van der Waals surface area contributed by atoms with Crippen LogP contribution in [-0.2, 0) is 0 Å². The molecular weight excluding hydrogens is 374 g/mol. The van der Waals surface area contributed by atoms with Gasteiger partial charge in [0.05, 0.1) is 11.3 Å². The van der Waals surface area contributed by atoms with Crippen molar-refractivity contribution in [3.63, 3.8) is 0 Å². The van der Waals surface area contributed by atoms with E-state index in [1.54, 1.807) is 18.2 Å². The first kappa shape index (κ1) is 21.9. The summed E-state index contributed by atoms with van der Waals surface area (Å²) in [5.74, 6) is 0.251. The van der Waals surface area contributed by atoms with Crippen LogP contribution in [0.3, 0.4) is 0 Å². The third-order valence-electron chi connectivity index (χ3n) is 4.94. The Morgan fingerprint density at radius 1 is 1.11 bits per heavy atom. The lowest BCUT2D eigenvalue weighted by Crippen LogP contribution is -2.33. The summed E-state index contributed by atoms with van der Waals surface area (Å²) in [6, 6.07) is 14.5. The van der Waals surface area contributed by atoms with Crippen LogP contribution in [0.4, 0.5) is 5.69 Å². The molecule has 1 heterocycles. The minimum Gasteiger partial charge on any atom is -0.352 e. The SMILES string of the molecule is Cc1cccc(C(=O)Nc2ccccc2C(=O)NCCC2CCCNC2)c1.Cl. The fourth-order valence-corrected chi connectivity index (χ4v) is 3.43. The van der Waals surface area contributed by atoms with Crippen molar-refractivity contribution in [2.75, 3.05) is 25.0 Å². The van der Waals surface area contributed by atoms with E-state index >= 15 is 0 Å². The molecule has 1 aliphatic heterocycles. The van der Waals surface area contributed by atoms with Gasteiger partial charge in [-0.3, -0.25) is 9.59 Å². The number of para-hydroxylation sites is 1. The largest absolute Gasteiger partial charge is 0.352 e.